The van der Waals surface area contributed by atoms with E-state index in [1.807, 2.05) is 11.9 Å². The van der Waals surface area contributed by atoms with Gasteiger partial charge < -0.3 is 19.9 Å². The molecule has 96 valence electrons. The van der Waals surface area contributed by atoms with Crippen molar-refractivity contribution in [1.29, 1.82) is 0 Å². The van der Waals surface area contributed by atoms with Crippen molar-refractivity contribution in [2.75, 3.05) is 45.3 Å². The Bertz CT molecular complexity index is 396. The number of halogens is 1. The van der Waals surface area contributed by atoms with Gasteiger partial charge in [0.1, 0.15) is 5.02 Å². The van der Waals surface area contributed by atoms with E-state index in [9.17, 15) is 4.79 Å². The second-order valence-electron chi connectivity index (χ2n) is 3.53. The zero-order valence-electron chi connectivity index (χ0n) is 9.99. The Morgan fingerprint density at radius 1 is 1.59 bits per heavy atom. The molecule has 0 aliphatic heterocycles. The van der Waals surface area contributed by atoms with Crippen LogP contribution in [0.4, 0.5) is 5.82 Å². The summed E-state index contributed by atoms with van der Waals surface area (Å²) in [6.45, 7) is 2.94. The number of rotatable bonds is 7. The Labute approximate surface area is 105 Å². The van der Waals surface area contributed by atoms with Gasteiger partial charge in [-0.1, -0.05) is 11.6 Å². The molecule has 1 rings (SSSR count). The topological polar surface area (TPSA) is 70.2 Å². The number of hydrogen-bond donors (Lipinski definition) is 2. The largest absolute Gasteiger partial charge is 0.383 e. The molecule has 6 nitrogen and oxygen atoms in total. The fourth-order valence-electron chi connectivity index (χ4n) is 1.29. The predicted octanol–water partition coefficient (Wildman–Crippen LogP) is 0.0955. The number of nitrogens with one attached hydrogen (secondary N) is 2. The zero-order chi connectivity index (χ0) is 12.7. The van der Waals surface area contributed by atoms with Crippen LogP contribution in [-0.2, 0) is 4.74 Å². The van der Waals surface area contributed by atoms with Crippen LogP contribution in [0.1, 0.15) is 0 Å². The van der Waals surface area contributed by atoms with E-state index in [1.54, 1.807) is 7.11 Å². The second kappa shape index (κ2) is 7.26. The van der Waals surface area contributed by atoms with Gasteiger partial charge in [0.15, 0.2) is 5.82 Å². The standard InChI is InChI=1S/C10H17ClN4O2/c1-15(5-3-12-4-6-17-2)9-8(11)10(16)14-7-13-9/h7,12H,3-6H2,1-2H3,(H,13,14,16). The van der Waals surface area contributed by atoms with Gasteiger partial charge in [0.2, 0.25) is 0 Å². The third-order valence-electron chi connectivity index (χ3n) is 2.25. The van der Waals surface area contributed by atoms with Gasteiger partial charge in [-0.3, -0.25) is 4.79 Å². The van der Waals surface area contributed by atoms with Crippen molar-refractivity contribution in [2.24, 2.45) is 0 Å². The molecule has 17 heavy (non-hydrogen) atoms. The lowest BCUT2D eigenvalue weighted by Crippen LogP contribution is -2.32. The molecule has 0 aromatic carbocycles. The number of H-pyrrole nitrogens is 1. The Morgan fingerprint density at radius 3 is 3.06 bits per heavy atom. The normalized spacial score (nSPS) is 10.5. The molecule has 0 bridgehead atoms. The lowest BCUT2D eigenvalue weighted by Gasteiger charge is -2.18. The molecule has 0 aliphatic rings. The average Bonchev–Trinajstić information content (AvgIpc) is 2.32. The van der Waals surface area contributed by atoms with E-state index < -0.39 is 0 Å². The van der Waals surface area contributed by atoms with E-state index in [4.69, 9.17) is 16.3 Å². The highest BCUT2D eigenvalue weighted by Crippen LogP contribution is 2.15. The van der Waals surface area contributed by atoms with Crippen molar-refractivity contribution in [3.8, 4) is 0 Å². The lowest BCUT2D eigenvalue weighted by molar-refractivity contribution is 0.200. The number of aromatic nitrogens is 2. The summed E-state index contributed by atoms with van der Waals surface area (Å²) in [5, 5.41) is 3.32. The van der Waals surface area contributed by atoms with Gasteiger partial charge >= 0.3 is 0 Å². The molecular weight excluding hydrogens is 244 g/mol. The Hall–Kier alpha value is -1.11. The molecule has 0 spiro atoms. The first-order valence-corrected chi connectivity index (χ1v) is 5.68. The molecule has 1 heterocycles. The highest BCUT2D eigenvalue weighted by Gasteiger charge is 2.09. The summed E-state index contributed by atoms with van der Waals surface area (Å²) in [6, 6.07) is 0. The van der Waals surface area contributed by atoms with Crippen LogP contribution in [0.15, 0.2) is 11.1 Å². The minimum atomic E-state index is -0.323. The van der Waals surface area contributed by atoms with E-state index in [0.717, 1.165) is 13.1 Å². The third-order valence-corrected chi connectivity index (χ3v) is 2.59. The maximum Gasteiger partial charge on any atom is 0.271 e. The number of anilines is 1. The number of methoxy groups -OCH3 is 1. The van der Waals surface area contributed by atoms with Crippen molar-refractivity contribution in [3.63, 3.8) is 0 Å². The Kier molecular flexibility index (Phi) is 5.96. The summed E-state index contributed by atoms with van der Waals surface area (Å²) in [5.41, 5.74) is -0.323. The smallest absolute Gasteiger partial charge is 0.271 e. The van der Waals surface area contributed by atoms with Crippen LogP contribution in [0.3, 0.4) is 0 Å². The van der Waals surface area contributed by atoms with Crippen LogP contribution >= 0.6 is 11.6 Å². The first-order chi connectivity index (χ1) is 8.16. The SMILES string of the molecule is COCCNCCN(C)c1nc[nH]c(=O)c1Cl. The first-order valence-electron chi connectivity index (χ1n) is 5.30. The van der Waals surface area contributed by atoms with Crippen molar-refractivity contribution in [1.82, 2.24) is 15.3 Å². The molecule has 7 heteroatoms. The maximum absolute atomic E-state index is 11.3. The minimum Gasteiger partial charge on any atom is -0.383 e. The van der Waals surface area contributed by atoms with Crippen LogP contribution < -0.4 is 15.8 Å². The molecule has 1 aromatic heterocycles. The van der Waals surface area contributed by atoms with E-state index in [0.29, 0.717) is 19.0 Å². The lowest BCUT2D eigenvalue weighted by atomic mass is 10.4. The van der Waals surface area contributed by atoms with Gasteiger partial charge in [0, 0.05) is 33.8 Å². The molecule has 0 radical (unpaired) electrons. The summed E-state index contributed by atoms with van der Waals surface area (Å²) in [7, 11) is 3.50. The van der Waals surface area contributed by atoms with Crippen molar-refractivity contribution in [3.05, 3.63) is 21.7 Å². The van der Waals surface area contributed by atoms with Gasteiger partial charge in [-0.05, 0) is 0 Å². The minimum absolute atomic E-state index is 0.117. The molecule has 0 saturated heterocycles. The fraction of sp³-hybridized carbons (Fsp3) is 0.600. The van der Waals surface area contributed by atoms with Crippen LogP contribution in [0.2, 0.25) is 5.02 Å². The Balaban J connectivity index is 2.44. The summed E-state index contributed by atoms with van der Waals surface area (Å²) in [4.78, 5) is 19.6. The van der Waals surface area contributed by atoms with E-state index in [-0.39, 0.29) is 10.6 Å². The van der Waals surface area contributed by atoms with E-state index in [2.05, 4.69) is 15.3 Å². The van der Waals surface area contributed by atoms with Crippen LogP contribution in [-0.4, -0.2) is 50.4 Å². The molecule has 0 amide bonds. The van der Waals surface area contributed by atoms with Crippen molar-refractivity contribution < 1.29 is 4.74 Å². The highest BCUT2D eigenvalue weighted by atomic mass is 35.5. The molecule has 1 aromatic rings. The molecule has 0 unspecified atom stereocenters. The number of likely N-dealkylation sites (N-methyl/N-ethyl adjacent to an activating group) is 1. The van der Waals surface area contributed by atoms with Gasteiger partial charge in [0.25, 0.3) is 5.56 Å². The summed E-state index contributed by atoms with van der Waals surface area (Å²) in [5.74, 6) is 0.490. The first kappa shape index (κ1) is 14.0. The van der Waals surface area contributed by atoms with Gasteiger partial charge in [-0.25, -0.2) is 4.98 Å². The van der Waals surface area contributed by atoms with Gasteiger partial charge in [-0.15, -0.1) is 0 Å². The van der Waals surface area contributed by atoms with Crippen LogP contribution in [0, 0.1) is 0 Å². The van der Waals surface area contributed by atoms with E-state index in [1.165, 1.54) is 6.33 Å². The maximum atomic E-state index is 11.3. The van der Waals surface area contributed by atoms with Crippen LogP contribution in [0.25, 0.3) is 0 Å². The summed E-state index contributed by atoms with van der Waals surface area (Å²) >= 11 is 5.86. The third kappa shape index (κ3) is 4.33. The number of nitrogens with zero attached hydrogens (tertiary/aromatic N) is 2. The summed E-state index contributed by atoms with van der Waals surface area (Å²) in [6.07, 6.45) is 1.35. The Morgan fingerprint density at radius 2 is 2.35 bits per heavy atom. The van der Waals surface area contributed by atoms with Crippen molar-refractivity contribution >= 4 is 17.4 Å². The molecule has 0 atom stereocenters. The molecular formula is C10H17ClN4O2. The number of ether oxygens (including phenoxy) is 1. The van der Waals surface area contributed by atoms with Gasteiger partial charge in [-0.2, -0.15) is 0 Å². The fourth-order valence-corrected chi connectivity index (χ4v) is 1.54. The average molecular weight is 261 g/mol. The van der Waals surface area contributed by atoms with Crippen molar-refractivity contribution in [2.45, 2.75) is 0 Å². The quantitative estimate of drug-likeness (QED) is 0.681. The monoisotopic (exact) mass is 260 g/mol. The molecule has 0 fully saturated rings. The highest BCUT2D eigenvalue weighted by molar-refractivity contribution is 6.32. The number of aromatic amines is 1. The summed E-state index contributed by atoms with van der Waals surface area (Å²) < 4.78 is 4.91. The van der Waals surface area contributed by atoms with Crippen LogP contribution in [0.5, 0.6) is 0 Å². The molecule has 0 saturated carbocycles. The van der Waals surface area contributed by atoms with Gasteiger partial charge in [0.05, 0.1) is 12.9 Å². The molecule has 0 aliphatic carbocycles. The number of hydrogen-bond acceptors (Lipinski definition) is 5. The molecule has 2 N–H and O–H groups in total. The second-order valence-corrected chi connectivity index (χ2v) is 3.91. The van der Waals surface area contributed by atoms with E-state index >= 15 is 0 Å². The predicted molar refractivity (Wildman–Crippen MR) is 67.9 cm³/mol. The zero-order valence-corrected chi connectivity index (χ0v) is 10.8.